The molecule has 0 aliphatic heterocycles. The number of carboxylic acid groups (broad SMARTS) is 1. The number of aromatic carboxylic acids is 1. The molecule has 1 aliphatic rings. The van der Waals surface area contributed by atoms with Crippen molar-refractivity contribution in [2.24, 2.45) is 0 Å². The first-order valence-corrected chi connectivity index (χ1v) is 5.68. The Morgan fingerprint density at radius 3 is 2.78 bits per heavy atom. The van der Waals surface area contributed by atoms with Crippen molar-refractivity contribution in [1.82, 2.24) is 15.3 Å². The van der Waals surface area contributed by atoms with Gasteiger partial charge in [-0.2, -0.15) is 0 Å². The third-order valence-electron chi connectivity index (χ3n) is 2.54. The summed E-state index contributed by atoms with van der Waals surface area (Å²) in [5.74, 6) is -1.00. The van der Waals surface area contributed by atoms with Crippen molar-refractivity contribution in [3.8, 4) is 0 Å². The van der Waals surface area contributed by atoms with Crippen LogP contribution in [0.25, 0.3) is 0 Å². The van der Waals surface area contributed by atoms with Crippen LogP contribution in [0.1, 0.15) is 30.3 Å². The highest BCUT2D eigenvalue weighted by Gasteiger charge is 2.25. The largest absolute Gasteiger partial charge is 0.476 e. The average molecular weight is 250 g/mol. The van der Waals surface area contributed by atoms with E-state index in [-0.39, 0.29) is 23.5 Å². The molecule has 96 valence electrons. The summed E-state index contributed by atoms with van der Waals surface area (Å²) in [7, 11) is 0. The molecule has 7 nitrogen and oxygen atoms in total. The predicted molar refractivity (Wildman–Crippen MR) is 63.2 cm³/mol. The minimum absolute atomic E-state index is 0.125. The number of nitrogens with one attached hydrogen (secondary N) is 2. The lowest BCUT2D eigenvalue weighted by molar-refractivity contribution is -0.121. The number of rotatable bonds is 5. The van der Waals surface area contributed by atoms with Crippen LogP contribution in [0.15, 0.2) is 12.4 Å². The van der Waals surface area contributed by atoms with Gasteiger partial charge in [0.25, 0.3) is 0 Å². The van der Waals surface area contributed by atoms with Gasteiger partial charge in [0.1, 0.15) is 11.9 Å². The lowest BCUT2D eigenvalue weighted by Gasteiger charge is -2.14. The Morgan fingerprint density at radius 1 is 1.44 bits per heavy atom. The molecule has 0 radical (unpaired) electrons. The van der Waals surface area contributed by atoms with Crippen LogP contribution in [-0.2, 0) is 4.79 Å². The van der Waals surface area contributed by atoms with E-state index >= 15 is 0 Å². The second kappa shape index (κ2) is 4.99. The van der Waals surface area contributed by atoms with Crippen LogP contribution in [0.2, 0.25) is 0 Å². The van der Waals surface area contributed by atoms with Crippen LogP contribution in [0.4, 0.5) is 5.82 Å². The van der Waals surface area contributed by atoms with E-state index in [0.717, 1.165) is 19.0 Å². The fourth-order valence-corrected chi connectivity index (χ4v) is 1.38. The second-order valence-electron chi connectivity index (χ2n) is 4.24. The summed E-state index contributed by atoms with van der Waals surface area (Å²) in [6, 6.07) is -0.192. The van der Waals surface area contributed by atoms with Crippen molar-refractivity contribution in [3.05, 3.63) is 18.1 Å². The highest BCUT2D eigenvalue weighted by molar-refractivity contribution is 5.86. The molecular formula is C11H14N4O3. The molecule has 1 fully saturated rings. The molecule has 1 aromatic heterocycles. The van der Waals surface area contributed by atoms with Gasteiger partial charge in [0.05, 0.1) is 12.4 Å². The quantitative estimate of drug-likeness (QED) is 0.692. The summed E-state index contributed by atoms with van der Waals surface area (Å²) in [6.07, 6.45) is 4.58. The third-order valence-corrected chi connectivity index (χ3v) is 2.54. The molecule has 0 aromatic carbocycles. The van der Waals surface area contributed by atoms with Crippen molar-refractivity contribution in [1.29, 1.82) is 0 Å². The number of amides is 1. The Labute approximate surface area is 104 Å². The monoisotopic (exact) mass is 250 g/mol. The summed E-state index contributed by atoms with van der Waals surface area (Å²) in [5.41, 5.74) is -0.158. The normalized spacial score (nSPS) is 15.8. The minimum Gasteiger partial charge on any atom is -0.476 e. The van der Waals surface area contributed by atoms with E-state index in [9.17, 15) is 9.59 Å². The maximum atomic E-state index is 11.7. The Balaban J connectivity index is 1.96. The molecule has 18 heavy (non-hydrogen) atoms. The predicted octanol–water partition coefficient (Wildman–Crippen LogP) is 0.254. The maximum Gasteiger partial charge on any atom is 0.356 e. The number of carboxylic acids is 1. The summed E-state index contributed by atoms with van der Waals surface area (Å²) in [4.78, 5) is 30.0. The van der Waals surface area contributed by atoms with Gasteiger partial charge in [-0.1, -0.05) is 0 Å². The first kappa shape index (κ1) is 12.3. The van der Waals surface area contributed by atoms with E-state index < -0.39 is 12.0 Å². The zero-order chi connectivity index (χ0) is 13.1. The van der Waals surface area contributed by atoms with Gasteiger partial charge in [-0.25, -0.2) is 9.78 Å². The van der Waals surface area contributed by atoms with Crippen molar-refractivity contribution in [2.75, 3.05) is 5.32 Å². The Kier molecular flexibility index (Phi) is 3.40. The molecule has 1 atom stereocenters. The Bertz CT molecular complexity index is 473. The van der Waals surface area contributed by atoms with Gasteiger partial charge < -0.3 is 15.7 Å². The highest BCUT2D eigenvalue weighted by Crippen LogP contribution is 2.18. The molecule has 1 unspecified atom stereocenters. The average Bonchev–Trinajstić information content (AvgIpc) is 3.13. The molecule has 1 amide bonds. The van der Waals surface area contributed by atoms with Crippen molar-refractivity contribution in [3.63, 3.8) is 0 Å². The fraction of sp³-hybridized carbons (Fsp3) is 0.455. The molecule has 0 bridgehead atoms. The molecule has 2 rings (SSSR count). The van der Waals surface area contributed by atoms with Crippen LogP contribution in [-0.4, -0.2) is 39.0 Å². The highest BCUT2D eigenvalue weighted by atomic mass is 16.4. The molecule has 0 saturated heterocycles. The topological polar surface area (TPSA) is 104 Å². The van der Waals surface area contributed by atoms with Gasteiger partial charge in [-0.05, 0) is 19.8 Å². The van der Waals surface area contributed by atoms with Crippen molar-refractivity contribution in [2.45, 2.75) is 31.8 Å². The van der Waals surface area contributed by atoms with Crippen LogP contribution in [0.5, 0.6) is 0 Å². The van der Waals surface area contributed by atoms with E-state index in [1.807, 2.05) is 0 Å². The number of aromatic nitrogens is 2. The number of anilines is 1. The van der Waals surface area contributed by atoms with Gasteiger partial charge >= 0.3 is 5.97 Å². The first-order valence-electron chi connectivity index (χ1n) is 5.68. The number of nitrogens with zero attached hydrogens (tertiary/aromatic N) is 2. The summed E-state index contributed by atoms with van der Waals surface area (Å²) < 4.78 is 0. The standard InChI is InChI=1S/C11H14N4O3/c1-6(10(16)14-7-2-3-7)13-9-5-12-4-8(15-9)11(17)18/h4-7H,2-3H2,1H3,(H,13,15)(H,14,16)(H,17,18). The second-order valence-corrected chi connectivity index (χ2v) is 4.24. The molecule has 0 spiro atoms. The lowest BCUT2D eigenvalue weighted by atomic mass is 10.3. The molecular weight excluding hydrogens is 236 g/mol. The number of hydrogen-bond acceptors (Lipinski definition) is 5. The molecule has 1 aliphatic carbocycles. The van der Waals surface area contributed by atoms with Crippen molar-refractivity contribution >= 4 is 17.7 Å². The van der Waals surface area contributed by atoms with Gasteiger partial charge in [0.2, 0.25) is 5.91 Å². The van der Waals surface area contributed by atoms with Gasteiger partial charge in [-0.15, -0.1) is 0 Å². The van der Waals surface area contributed by atoms with Crippen LogP contribution in [0.3, 0.4) is 0 Å². The van der Waals surface area contributed by atoms with Gasteiger partial charge in [0, 0.05) is 6.04 Å². The van der Waals surface area contributed by atoms with Crippen molar-refractivity contribution < 1.29 is 14.7 Å². The summed E-state index contributed by atoms with van der Waals surface area (Å²) >= 11 is 0. The summed E-state index contributed by atoms with van der Waals surface area (Å²) in [6.45, 7) is 1.69. The Morgan fingerprint density at radius 2 is 2.17 bits per heavy atom. The van der Waals surface area contributed by atoms with Gasteiger partial charge in [0.15, 0.2) is 5.69 Å². The first-order chi connectivity index (χ1) is 8.56. The van der Waals surface area contributed by atoms with Gasteiger partial charge in [-0.3, -0.25) is 9.78 Å². The molecule has 3 N–H and O–H groups in total. The fourth-order valence-electron chi connectivity index (χ4n) is 1.38. The van der Waals surface area contributed by atoms with Crippen LogP contribution >= 0.6 is 0 Å². The minimum atomic E-state index is -1.15. The third kappa shape index (κ3) is 3.16. The number of carbonyl (C=O) groups is 2. The van der Waals surface area contributed by atoms with E-state index in [2.05, 4.69) is 20.6 Å². The van der Waals surface area contributed by atoms with E-state index in [0.29, 0.717) is 0 Å². The molecule has 1 heterocycles. The van der Waals surface area contributed by atoms with E-state index in [1.165, 1.54) is 6.20 Å². The zero-order valence-electron chi connectivity index (χ0n) is 9.88. The molecule has 1 aromatic rings. The zero-order valence-corrected chi connectivity index (χ0v) is 9.88. The number of carbonyl (C=O) groups excluding carboxylic acids is 1. The lowest BCUT2D eigenvalue weighted by Crippen LogP contribution is -2.38. The van der Waals surface area contributed by atoms with Crippen LogP contribution in [0, 0.1) is 0 Å². The summed E-state index contributed by atoms with van der Waals surface area (Å²) in [5, 5.41) is 14.4. The van der Waals surface area contributed by atoms with E-state index in [4.69, 9.17) is 5.11 Å². The van der Waals surface area contributed by atoms with Crippen LogP contribution < -0.4 is 10.6 Å². The number of hydrogen-bond donors (Lipinski definition) is 3. The molecule has 7 heteroatoms. The maximum absolute atomic E-state index is 11.7. The van der Waals surface area contributed by atoms with E-state index in [1.54, 1.807) is 6.92 Å². The molecule has 1 saturated carbocycles. The Hall–Kier alpha value is -2.18. The SMILES string of the molecule is CC(Nc1cncc(C(=O)O)n1)C(=O)NC1CC1. The smallest absolute Gasteiger partial charge is 0.356 e.